The third kappa shape index (κ3) is 0.782. The molecule has 2 saturated heterocycles. The maximum Gasteiger partial charge on any atom is 0.113 e. The summed E-state index contributed by atoms with van der Waals surface area (Å²) in [6.45, 7) is 2.51. The molecule has 1 spiro atoms. The molecule has 0 bridgehead atoms. The van der Waals surface area contributed by atoms with Gasteiger partial charge in [-0.3, -0.25) is 0 Å². The number of hydrogen-bond donors (Lipinski definition) is 0. The van der Waals surface area contributed by atoms with Gasteiger partial charge < -0.3 is 9.80 Å². The SMILES string of the molecule is c1ccc2c(c1)N1CCCC13CCCN23. The third-order valence-electron chi connectivity index (χ3n) is 4.39. The second-order valence-electron chi connectivity index (χ2n) is 4.98. The number of nitrogens with zero attached hydrogens (tertiary/aromatic N) is 2. The van der Waals surface area contributed by atoms with Crippen LogP contribution in [-0.4, -0.2) is 18.8 Å². The van der Waals surface area contributed by atoms with Crippen LogP contribution in [0.3, 0.4) is 0 Å². The standard InChI is InChI=1S/C13H16N2/c1-2-6-12-11(5-1)14-9-3-7-13(14)8-4-10-15(12)13/h1-2,5-6H,3-4,7-10H2. The van der Waals surface area contributed by atoms with Gasteiger partial charge in [0.05, 0.1) is 11.4 Å². The molecular formula is C13H16N2. The highest BCUT2D eigenvalue weighted by molar-refractivity contribution is 5.80. The Hall–Kier alpha value is -1.18. The fourth-order valence-electron chi connectivity index (χ4n) is 3.88. The molecule has 2 heteroatoms. The fourth-order valence-corrected chi connectivity index (χ4v) is 3.88. The normalized spacial score (nSPS) is 25.3. The van der Waals surface area contributed by atoms with E-state index in [1.54, 1.807) is 0 Å². The van der Waals surface area contributed by atoms with E-state index in [0.29, 0.717) is 5.66 Å². The minimum Gasteiger partial charge on any atom is -0.347 e. The van der Waals surface area contributed by atoms with Crippen LogP contribution in [0.4, 0.5) is 11.4 Å². The van der Waals surface area contributed by atoms with Crippen LogP contribution in [0.25, 0.3) is 0 Å². The Morgan fingerprint density at radius 3 is 1.93 bits per heavy atom. The van der Waals surface area contributed by atoms with Crippen LogP contribution in [0, 0.1) is 0 Å². The summed E-state index contributed by atoms with van der Waals surface area (Å²) in [7, 11) is 0. The van der Waals surface area contributed by atoms with Gasteiger partial charge in [0.25, 0.3) is 0 Å². The summed E-state index contributed by atoms with van der Waals surface area (Å²) in [5.74, 6) is 0. The number of fused-ring (bicyclic) bond motifs is 3. The topological polar surface area (TPSA) is 6.48 Å². The minimum atomic E-state index is 0.393. The van der Waals surface area contributed by atoms with E-state index in [2.05, 4.69) is 34.1 Å². The van der Waals surface area contributed by atoms with E-state index < -0.39 is 0 Å². The first-order valence-corrected chi connectivity index (χ1v) is 6.06. The van der Waals surface area contributed by atoms with Crippen molar-refractivity contribution in [2.24, 2.45) is 0 Å². The number of benzene rings is 1. The highest BCUT2D eigenvalue weighted by Crippen LogP contribution is 2.54. The summed E-state index contributed by atoms with van der Waals surface area (Å²) in [5.41, 5.74) is 3.35. The Bertz CT molecular complexity index is 374. The zero-order chi connectivity index (χ0) is 9.88. The summed E-state index contributed by atoms with van der Waals surface area (Å²) in [5, 5.41) is 0. The van der Waals surface area contributed by atoms with Gasteiger partial charge in [-0.25, -0.2) is 0 Å². The van der Waals surface area contributed by atoms with Crippen LogP contribution in [0.1, 0.15) is 25.7 Å². The Kier molecular flexibility index (Phi) is 1.33. The molecule has 0 saturated carbocycles. The lowest BCUT2D eigenvalue weighted by Gasteiger charge is -2.35. The van der Waals surface area contributed by atoms with Crippen LogP contribution >= 0.6 is 0 Å². The molecule has 78 valence electrons. The van der Waals surface area contributed by atoms with E-state index in [4.69, 9.17) is 0 Å². The molecule has 0 N–H and O–H groups in total. The van der Waals surface area contributed by atoms with Crippen molar-refractivity contribution in [2.75, 3.05) is 22.9 Å². The van der Waals surface area contributed by atoms with E-state index in [1.165, 1.54) is 50.1 Å². The Morgan fingerprint density at radius 1 is 0.867 bits per heavy atom. The van der Waals surface area contributed by atoms with Gasteiger partial charge in [-0.05, 0) is 37.8 Å². The van der Waals surface area contributed by atoms with Crippen molar-refractivity contribution < 1.29 is 0 Å². The van der Waals surface area contributed by atoms with Crippen molar-refractivity contribution in [3.05, 3.63) is 24.3 Å². The van der Waals surface area contributed by atoms with Gasteiger partial charge in [0, 0.05) is 13.1 Å². The summed E-state index contributed by atoms with van der Waals surface area (Å²) < 4.78 is 0. The molecular weight excluding hydrogens is 184 g/mol. The zero-order valence-corrected chi connectivity index (χ0v) is 8.95. The maximum absolute atomic E-state index is 2.66. The van der Waals surface area contributed by atoms with Crippen LogP contribution in [0.2, 0.25) is 0 Å². The van der Waals surface area contributed by atoms with Crippen molar-refractivity contribution in [2.45, 2.75) is 31.3 Å². The molecule has 0 amide bonds. The quantitative estimate of drug-likeness (QED) is 0.635. The first-order chi connectivity index (χ1) is 7.42. The van der Waals surface area contributed by atoms with Gasteiger partial charge in [-0.1, -0.05) is 12.1 Å². The number of para-hydroxylation sites is 2. The lowest BCUT2D eigenvalue weighted by atomic mass is 10.1. The highest BCUT2D eigenvalue weighted by atomic mass is 15.5. The number of anilines is 2. The number of rotatable bonds is 0. The molecule has 4 rings (SSSR count). The molecule has 0 radical (unpaired) electrons. The Morgan fingerprint density at radius 2 is 1.40 bits per heavy atom. The minimum absolute atomic E-state index is 0.393. The molecule has 2 fully saturated rings. The van der Waals surface area contributed by atoms with Crippen molar-refractivity contribution in [3.63, 3.8) is 0 Å². The molecule has 3 aliphatic rings. The smallest absolute Gasteiger partial charge is 0.113 e. The van der Waals surface area contributed by atoms with Crippen molar-refractivity contribution in [1.29, 1.82) is 0 Å². The number of hydrogen-bond acceptors (Lipinski definition) is 2. The monoisotopic (exact) mass is 200 g/mol. The lowest BCUT2D eigenvalue weighted by Crippen LogP contribution is -2.49. The molecule has 1 aromatic rings. The summed E-state index contributed by atoms with van der Waals surface area (Å²) >= 11 is 0. The van der Waals surface area contributed by atoms with Crippen molar-refractivity contribution in [1.82, 2.24) is 0 Å². The molecule has 0 unspecified atom stereocenters. The van der Waals surface area contributed by atoms with Crippen molar-refractivity contribution in [3.8, 4) is 0 Å². The summed E-state index contributed by atoms with van der Waals surface area (Å²) in [4.78, 5) is 5.32. The molecule has 0 aliphatic carbocycles. The molecule has 0 atom stereocenters. The second kappa shape index (κ2) is 2.49. The molecule has 0 aromatic heterocycles. The zero-order valence-electron chi connectivity index (χ0n) is 8.95. The van der Waals surface area contributed by atoms with Crippen LogP contribution in [-0.2, 0) is 0 Å². The van der Waals surface area contributed by atoms with Gasteiger partial charge >= 0.3 is 0 Å². The van der Waals surface area contributed by atoms with Gasteiger partial charge in [-0.2, -0.15) is 0 Å². The Labute approximate surface area is 90.5 Å². The fraction of sp³-hybridized carbons (Fsp3) is 0.538. The Balaban J connectivity index is 1.96. The largest absolute Gasteiger partial charge is 0.347 e. The van der Waals surface area contributed by atoms with Crippen LogP contribution in [0.15, 0.2) is 24.3 Å². The molecule has 3 heterocycles. The predicted octanol–water partition coefficient (Wildman–Crippen LogP) is 2.60. The molecule has 3 aliphatic heterocycles. The molecule has 1 aromatic carbocycles. The second-order valence-corrected chi connectivity index (χ2v) is 4.98. The van der Waals surface area contributed by atoms with Crippen LogP contribution in [0.5, 0.6) is 0 Å². The van der Waals surface area contributed by atoms with E-state index in [-0.39, 0.29) is 0 Å². The van der Waals surface area contributed by atoms with Gasteiger partial charge in [0.1, 0.15) is 5.66 Å². The van der Waals surface area contributed by atoms with E-state index >= 15 is 0 Å². The molecule has 15 heavy (non-hydrogen) atoms. The third-order valence-corrected chi connectivity index (χ3v) is 4.39. The first kappa shape index (κ1) is 8.03. The highest BCUT2D eigenvalue weighted by Gasteiger charge is 2.53. The van der Waals surface area contributed by atoms with Gasteiger partial charge in [0.2, 0.25) is 0 Å². The van der Waals surface area contributed by atoms with Crippen LogP contribution < -0.4 is 9.80 Å². The van der Waals surface area contributed by atoms with Crippen molar-refractivity contribution >= 4 is 11.4 Å². The summed E-state index contributed by atoms with van der Waals surface area (Å²) in [6.07, 6.45) is 5.46. The van der Waals surface area contributed by atoms with E-state index in [9.17, 15) is 0 Å². The van der Waals surface area contributed by atoms with E-state index in [1.807, 2.05) is 0 Å². The molecule has 2 nitrogen and oxygen atoms in total. The van der Waals surface area contributed by atoms with Gasteiger partial charge in [0.15, 0.2) is 0 Å². The lowest BCUT2D eigenvalue weighted by molar-refractivity contribution is 0.461. The predicted molar refractivity (Wildman–Crippen MR) is 62.3 cm³/mol. The first-order valence-electron chi connectivity index (χ1n) is 6.06. The average Bonchev–Trinajstić information content (AvgIpc) is 2.89. The average molecular weight is 200 g/mol. The van der Waals surface area contributed by atoms with Gasteiger partial charge in [-0.15, -0.1) is 0 Å². The summed E-state index contributed by atoms with van der Waals surface area (Å²) in [6, 6.07) is 8.93. The maximum atomic E-state index is 2.66. The van der Waals surface area contributed by atoms with E-state index in [0.717, 1.165) is 0 Å².